The Morgan fingerprint density at radius 1 is 1.13 bits per heavy atom. The highest BCUT2D eigenvalue weighted by atomic mass is 16.5. The molecule has 7 heteroatoms. The van der Waals surface area contributed by atoms with Gasteiger partial charge in [0.1, 0.15) is 6.26 Å². The van der Waals surface area contributed by atoms with Crippen LogP contribution in [-0.4, -0.2) is 40.7 Å². The van der Waals surface area contributed by atoms with Gasteiger partial charge in [-0.15, -0.1) is 0 Å². The van der Waals surface area contributed by atoms with E-state index in [1.54, 1.807) is 0 Å². The highest BCUT2D eigenvalue weighted by Gasteiger charge is 2.51. The van der Waals surface area contributed by atoms with Crippen LogP contribution in [-0.2, 0) is 9.53 Å². The number of oxazole rings is 1. The molecular formula is C24H34N2O5. The van der Waals surface area contributed by atoms with Crippen molar-refractivity contribution in [2.45, 2.75) is 88.8 Å². The maximum Gasteiger partial charge on any atom is 0.303 e. The third-order valence-electron chi connectivity index (χ3n) is 7.13. The molecule has 1 amide bonds. The van der Waals surface area contributed by atoms with Gasteiger partial charge in [0.25, 0.3) is 5.91 Å². The molecule has 3 aliphatic rings. The molecule has 1 aromatic heterocycles. The van der Waals surface area contributed by atoms with E-state index in [9.17, 15) is 9.59 Å². The van der Waals surface area contributed by atoms with Crippen LogP contribution in [0.25, 0.3) is 0 Å². The Hall–Kier alpha value is -2.15. The molecule has 1 aliphatic carbocycles. The Balaban J connectivity index is 1.30. The Kier molecular flexibility index (Phi) is 7.43. The molecule has 4 rings (SSSR count). The third-order valence-corrected chi connectivity index (χ3v) is 7.13. The summed E-state index contributed by atoms with van der Waals surface area (Å²) < 4.78 is 11.9. The minimum absolute atomic E-state index is 0.0478. The number of carboxylic acids is 1. The van der Waals surface area contributed by atoms with Crippen LogP contribution in [0.1, 0.15) is 92.9 Å². The summed E-state index contributed by atoms with van der Waals surface area (Å²) in [6.07, 6.45) is 16.8. The highest BCUT2D eigenvalue weighted by Crippen LogP contribution is 2.50. The second-order valence-electron chi connectivity index (χ2n) is 9.24. The molecule has 2 aliphatic heterocycles. The Labute approximate surface area is 183 Å². The van der Waals surface area contributed by atoms with Crippen molar-refractivity contribution in [1.29, 1.82) is 0 Å². The number of hydrogen-bond acceptors (Lipinski definition) is 5. The van der Waals surface area contributed by atoms with Gasteiger partial charge < -0.3 is 19.6 Å². The fourth-order valence-corrected chi connectivity index (χ4v) is 5.50. The fraction of sp³-hybridized carbons (Fsp3) is 0.708. The van der Waals surface area contributed by atoms with E-state index in [0.717, 1.165) is 31.6 Å². The molecule has 0 aromatic carbocycles. The van der Waals surface area contributed by atoms with E-state index in [-0.39, 0.29) is 36.4 Å². The number of aliphatic carboxylic acids is 1. The molecule has 2 N–H and O–H groups in total. The predicted octanol–water partition coefficient (Wildman–Crippen LogP) is 4.45. The van der Waals surface area contributed by atoms with Crippen LogP contribution in [0.3, 0.4) is 0 Å². The maximum atomic E-state index is 12.5. The smallest absolute Gasteiger partial charge is 0.303 e. The van der Waals surface area contributed by atoms with Gasteiger partial charge in [-0.1, -0.05) is 44.3 Å². The first-order valence-corrected chi connectivity index (χ1v) is 11.9. The lowest BCUT2D eigenvalue weighted by Crippen LogP contribution is -2.27. The number of allylic oxidation sites excluding steroid dienone is 2. The van der Waals surface area contributed by atoms with Gasteiger partial charge >= 0.3 is 5.97 Å². The third kappa shape index (κ3) is 5.56. The molecule has 3 fully saturated rings. The zero-order chi connectivity index (χ0) is 21.6. The van der Waals surface area contributed by atoms with Crippen molar-refractivity contribution in [1.82, 2.24) is 10.3 Å². The number of carboxylic acid groups (broad SMARTS) is 1. The number of aromatic nitrogens is 1. The highest BCUT2D eigenvalue weighted by molar-refractivity contribution is 5.91. The first-order valence-electron chi connectivity index (χ1n) is 11.9. The molecule has 3 heterocycles. The van der Waals surface area contributed by atoms with E-state index >= 15 is 0 Å². The number of carbonyl (C=O) groups excluding carboxylic acids is 1. The van der Waals surface area contributed by atoms with Crippen molar-refractivity contribution in [2.24, 2.45) is 11.8 Å². The van der Waals surface area contributed by atoms with E-state index in [0.29, 0.717) is 24.6 Å². The summed E-state index contributed by atoms with van der Waals surface area (Å²) in [6.45, 7) is 0.687. The predicted molar refractivity (Wildman–Crippen MR) is 115 cm³/mol. The van der Waals surface area contributed by atoms with Crippen LogP contribution < -0.4 is 5.32 Å². The fourth-order valence-electron chi connectivity index (χ4n) is 5.50. The second kappa shape index (κ2) is 10.4. The van der Waals surface area contributed by atoms with Crippen LogP contribution in [0.4, 0.5) is 0 Å². The van der Waals surface area contributed by atoms with Gasteiger partial charge in [0.2, 0.25) is 5.89 Å². The topological polar surface area (TPSA) is 102 Å². The monoisotopic (exact) mass is 430 g/mol. The van der Waals surface area contributed by atoms with Crippen LogP contribution >= 0.6 is 0 Å². The van der Waals surface area contributed by atoms with E-state index < -0.39 is 5.97 Å². The van der Waals surface area contributed by atoms with Crippen molar-refractivity contribution < 1.29 is 23.8 Å². The van der Waals surface area contributed by atoms with Crippen molar-refractivity contribution in [3.8, 4) is 0 Å². The van der Waals surface area contributed by atoms with E-state index in [4.69, 9.17) is 14.3 Å². The molecule has 2 saturated heterocycles. The first kappa shape index (κ1) is 22.1. The summed E-state index contributed by atoms with van der Waals surface area (Å²) in [5.74, 6) is 0.674. The average molecular weight is 431 g/mol. The Morgan fingerprint density at radius 3 is 2.74 bits per heavy atom. The zero-order valence-electron chi connectivity index (χ0n) is 18.1. The molecular weight excluding hydrogens is 396 g/mol. The summed E-state index contributed by atoms with van der Waals surface area (Å²) in [7, 11) is 0. The molecule has 1 aromatic rings. The molecule has 0 spiro atoms. The number of rotatable bonds is 10. The van der Waals surface area contributed by atoms with E-state index in [1.807, 2.05) is 12.2 Å². The molecule has 4 atom stereocenters. The maximum absolute atomic E-state index is 12.5. The summed E-state index contributed by atoms with van der Waals surface area (Å²) in [4.78, 5) is 27.7. The quantitative estimate of drug-likeness (QED) is 0.532. The molecule has 7 nitrogen and oxygen atoms in total. The van der Waals surface area contributed by atoms with Gasteiger partial charge in [-0.2, -0.15) is 0 Å². The van der Waals surface area contributed by atoms with Crippen LogP contribution in [0.5, 0.6) is 0 Å². The Morgan fingerprint density at radius 2 is 1.94 bits per heavy atom. The molecule has 170 valence electrons. The average Bonchev–Trinajstić information content (AvgIpc) is 3.50. The lowest BCUT2D eigenvalue weighted by molar-refractivity contribution is -0.136. The van der Waals surface area contributed by atoms with Crippen LogP contribution in [0.15, 0.2) is 22.8 Å². The SMILES string of the molecule is O=C(O)CCC=CCC1C2CCC(O2)C1c1nc(C(=O)NCCC2CCCCC2)co1. The summed E-state index contributed by atoms with van der Waals surface area (Å²) in [5, 5.41) is 11.8. The van der Waals surface area contributed by atoms with Crippen molar-refractivity contribution in [3.63, 3.8) is 0 Å². The Bertz CT molecular complexity index is 783. The van der Waals surface area contributed by atoms with Gasteiger partial charge in [-0.3, -0.25) is 9.59 Å². The number of ether oxygens (including phenoxy) is 1. The number of fused-ring (bicyclic) bond motifs is 2. The van der Waals surface area contributed by atoms with Crippen LogP contribution in [0.2, 0.25) is 0 Å². The normalized spacial score (nSPS) is 28.4. The van der Waals surface area contributed by atoms with Crippen molar-refractivity contribution in [3.05, 3.63) is 30.0 Å². The molecule has 4 unspecified atom stereocenters. The van der Waals surface area contributed by atoms with Gasteiger partial charge in [-0.05, 0) is 38.0 Å². The van der Waals surface area contributed by atoms with Gasteiger partial charge in [0, 0.05) is 18.9 Å². The number of nitrogens with one attached hydrogen (secondary N) is 1. The number of hydrogen-bond donors (Lipinski definition) is 2. The second-order valence-corrected chi connectivity index (χ2v) is 9.24. The number of nitrogens with zero attached hydrogens (tertiary/aromatic N) is 1. The minimum Gasteiger partial charge on any atom is -0.481 e. The minimum atomic E-state index is -0.782. The zero-order valence-corrected chi connectivity index (χ0v) is 18.1. The van der Waals surface area contributed by atoms with Gasteiger partial charge in [-0.25, -0.2) is 4.98 Å². The van der Waals surface area contributed by atoms with Crippen molar-refractivity contribution in [2.75, 3.05) is 6.54 Å². The standard InChI is InChI=1S/C24H34N2O5/c27-21(28)10-6-2-5-9-17-19-11-12-20(31-19)22(17)24-26-18(15-30-24)23(29)25-14-13-16-7-3-1-4-8-16/h2,5,15-17,19-20,22H,1,3-4,6-14H2,(H,25,29)(H,27,28). The van der Waals surface area contributed by atoms with Crippen LogP contribution in [0, 0.1) is 11.8 Å². The summed E-state index contributed by atoms with van der Waals surface area (Å²) >= 11 is 0. The molecule has 1 saturated carbocycles. The molecule has 0 radical (unpaired) electrons. The first-order chi connectivity index (χ1) is 15.1. The lowest BCUT2D eigenvalue weighted by atomic mass is 9.77. The number of amides is 1. The van der Waals surface area contributed by atoms with Gasteiger partial charge in [0.05, 0.1) is 18.1 Å². The largest absolute Gasteiger partial charge is 0.481 e. The number of carbonyl (C=O) groups is 2. The molecule has 31 heavy (non-hydrogen) atoms. The summed E-state index contributed by atoms with van der Waals surface area (Å²) in [5.41, 5.74) is 0.345. The van der Waals surface area contributed by atoms with E-state index in [2.05, 4.69) is 10.3 Å². The van der Waals surface area contributed by atoms with Crippen molar-refractivity contribution >= 4 is 11.9 Å². The summed E-state index contributed by atoms with van der Waals surface area (Å²) in [6, 6.07) is 0. The lowest BCUT2D eigenvalue weighted by Gasteiger charge is -2.24. The molecule has 2 bridgehead atoms. The van der Waals surface area contributed by atoms with E-state index in [1.165, 1.54) is 38.4 Å². The van der Waals surface area contributed by atoms with Gasteiger partial charge in [0.15, 0.2) is 5.69 Å².